The average molecular weight is 357 g/mol. The van der Waals surface area contributed by atoms with Crippen LogP contribution in [0.2, 0.25) is 0 Å². The standard InChI is InChI=1S/C19H23N3O4/c1-14-3-5-16(17(11-14)24-2)26-13-19(23)21-18-6-4-15(12-20-18)22-7-9-25-10-8-22/h3-6,11-12H,7-10,13H2,1-2H3,(H,20,21,23). The lowest BCUT2D eigenvalue weighted by atomic mass is 10.2. The zero-order valence-corrected chi connectivity index (χ0v) is 15.0. The molecular formula is C19H23N3O4. The molecule has 0 aliphatic carbocycles. The number of morpholine rings is 1. The maximum Gasteiger partial charge on any atom is 0.263 e. The molecule has 1 N–H and O–H groups in total. The van der Waals surface area contributed by atoms with Crippen LogP contribution in [0.3, 0.4) is 0 Å². The Labute approximate surface area is 152 Å². The van der Waals surface area contributed by atoms with Crippen LogP contribution in [-0.2, 0) is 9.53 Å². The van der Waals surface area contributed by atoms with Crippen LogP contribution in [0.4, 0.5) is 11.5 Å². The van der Waals surface area contributed by atoms with Crippen molar-refractivity contribution in [2.45, 2.75) is 6.92 Å². The molecule has 138 valence electrons. The summed E-state index contributed by atoms with van der Waals surface area (Å²) in [4.78, 5) is 18.6. The molecule has 26 heavy (non-hydrogen) atoms. The molecule has 2 heterocycles. The number of pyridine rings is 1. The van der Waals surface area contributed by atoms with E-state index in [0.29, 0.717) is 17.3 Å². The van der Waals surface area contributed by atoms with Gasteiger partial charge in [0.05, 0.1) is 32.2 Å². The lowest BCUT2D eigenvalue weighted by molar-refractivity contribution is -0.118. The number of anilines is 2. The van der Waals surface area contributed by atoms with Crippen molar-refractivity contribution in [3.63, 3.8) is 0 Å². The third kappa shape index (κ3) is 4.64. The van der Waals surface area contributed by atoms with Crippen molar-refractivity contribution < 1.29 is 19.0 Å². The maximum absolute atomic E-state index is 12.1. The van der Waals surface area contributed by atoms with Crippen molar-refractivity contribution in [2.24, 2.45) is 0 Å². The Morgan fingerprint density at radius 3 is 2.73 bits per heavy atom. The van der Waals surface area contributed by atoms with Gasteiger partial charge in [0, 0.05) is 13.1 Å². The summed E-state index contributed by atoms with van der Waals surface area (Å²) in [7, 11) is 1.57. The van der Waals surface area contributed by atoms with Crippen molar-refractivity contribution in [1.29, 1.82) is 0 Å². The summed E-state index contributed by atoms with van der Waals surface area (Å²) >= 11 is 0. The van der Waals surface area contributed by atoms with E-state index in [2.05, 4.69) is 15.2 Å². The van der Waals surface area contributed by atoms with Crippen LogP contribution in [0.1, 0.15) is 5.56 Å². The van der Waals surface area contributed by atoms with Crippen LogP contribution in [0, 0.1) is 6.92 Å². The summed E-state index contributed by atoms with van der Waals surface area (Å²) in [5.41, 5.74) is 2.08. The number of hydrogen-bond donors (Lipinski definition) is 1. The number of aromatic nitrogens is 1. The predicted molar refractivity (Wildman–Crippen MR) is 99.1 cm³/mol. The molecule has 0 spiro atoms. The number of nitrogens with one attached hydrogen (secondary N) is 1. The second-order valence-electron chi connectivity index (χ2n) is 5.99. The smallest absolute Gasteiger partial charge is 0.263 e. The minimum atomic E-state index is -0.278. The second-order valence-corrected chi connectivity index (χ2v) is 5.99. The molecule has 1 aliphatic heterocycles. The normalized spacial score (nSPS) is 14.0. The summed E-state index contributed by atoms with van der Waals surface area (Å²) < 4.78 is 16.2. The first-order valence-electron chi connectivity index (χ1n) is 8.52. The van der Waals surface area contributed by atoms with Gasteiger partial charge in [0.25, 0.3) is 5.91 Å². The number of amides is 1. The summed E-state index contributed by atoms with van der Waals surface area (Å²) in [6.07, 6.45) is 1.75. The van der Waals surface area contributed by atoms with E-state index in [9.17, 15) is 4.79 Å². The third-order valence-corrected chi connectivity index (χ3v) is 4.07. The van der Waals surface area contributed by atoms with Crippen LogP contribution in [-0.4, -0.2) is 50.9 Å². The number of methoxy groups -OCH3 is 1. The molecule has 1 amide bonds. The number of carbonyl (C=O) groups is 1. The van der Waals surface area contributed by atoms with Gasteiger partial charge in [-0.3, -0.25) is 4.79 Å². The van der Waals surface area contributed by atoms with Gasteiger partial charge >= 0.3 is 0 Å². The lowest BCUT2D eigenvalue weighted by Gasteiger charge is -2.28. The largest absolute Gasteiger partial charge is 0.493 e. The highest BCUT2D eigenvalue weighted by atomic mass is 16.5. The molecule has 7 heteroatoms. The van der Waals surface area contributed by atoms with E-state index in [-0.39, 0.29) is 12.5 Å². The Balaban J connectivity index is 1.53. The molecule has 0 bridgehead atoms. The van der Waals surface area contributed by atoms with E-state index in [4.69, 9.17) is 14.2 Å². The van der Waals surface area contributed by atoms with Crippen LogP contribution >= 0.6 is 0 Å². The molecule has 2 aromatic rings. The monoisotopic (exact) mass is 357 g/mol. The molecule has 1 aromatic heterocycles. The third-order valence-electron chi connectivity index (χ3n) is 4.07. The minimum Gasteiger partial charge on any atom is -0.493 e. The fourth-order valence-electron chi connectivity index (χ4n) is 2.68. The summed E-state index contributed by atoms with van der Waals surface area (Å²) in [6, 6.07) is 9.28. The molecule has 1 aliphatic rings. The highest BCUT2D eigenvalue weighted by molar-refractivity contribution is 5.91. The van der Waals surface area contributed by atoms with Crippen molar-refractivity contribution in [3.8, 4) is 11.5 Å². The van der Waals surface area contributed by atoms with Gasteiger partial charge in [-0.1, -0.05) is 6.07 Å². The second kappa shape index (κ2) is 8.53. The number of benzene rings is 1. The fraction of sp³-hybridized carbons (Fsp3) is 0.368. The Morgan fingerprint density at radius 2 is 2.04 bits per heavy atom. The van der Waals surface area contributed by atoms with Gasteiger partial charge in [0.2, 0.25) is 0 Å². The van der Waals surface area contributed by atoms with Crippen LogP contribution in [0.15, 0.2) is 36.5 Å². The van der Waals surface area contributed by atoms with Gasteiger partial charge in [-0.05, 0) is 36.8 Å². The van der Waals surface area contributed by atoms with E-state index in [1.54, 1.807) is 25.4 Å². The van der Waals surface area contributed by atoms with Crippen molar-refractivity contribution in [1.82, 2.24) is 4.98 Å². The summed E-state index contributed by atoms with van der Waals surface area (Å²) in [5, 5.41) is 2.73. The number of rotatable bonds is 6. The van der Waals surface area contributed by atoms with Gasteiger partial charge in [-0.25, -0.2) is 4.98 Å². The SMILES string of the molecule is COc1cc(C)ccc1OCC(=O)Nc1ccc(N2CCOCC2)cn1. The van der Waals surface area contributed by atoms with E-state index < -0.39 is 0 Å². The van der Waals surface area contributed by atoms with Gasteiger partial charge < -0.3 is 24.4 Å². The van der Waals surface area contributed by atoms with Gasteiger partial charge in [0.15, 0.2) is 18.1 Å². The van der Waals surface area contributed by atoms with E-state index in [1.165, 1.54) is 0 Å². The molecule has 1 fully saturated rings. The van der Waals surface area contributed by atoms with E-state index in [1.807, 2.05) is 25.1 Å². The molecule has 0 unspecified atom stereocenters. The predicted octanol–water partition coefficient (Wildman–Crippen LogP) is 2.25. The first-order valence-corrected chi connectivity index (χ1v) is 8.52. The Bertz CT molecular complexity index is 743. The zero-order chi connectivity index (χ0) is 18.4. The quantitative estimate of drug-likeness (QED) is 0.855. The maximum atomic E-state index is 12.1. The number of carbonyl (C=O) groups excluding carboxylic acids is 1. The Hall–Kier alpha value is -2.80. The van der Waals surface area contributed by atoms with Crippen molar-refractivity contribution in [2.75, 3.05) is 50.2 Å². The molecule has 1 saturated heterocycles. The highest BCUT2D eigenvalue weighted by Gasteiger charge is 2.12. The zero-order valence-electron chi connectivity index (χ0n) is 15.0. The molecule has 7 nitrogen and oxygen atoms in total. The number of aryl methyl sites for hydroxylation is 1. The topological polar surface area (TPSA) is 72.9 Å². The Kier molecular flexibility index (Phi) is 5.91. The van der Waals surface area contributed by atoms with Crippen LogP contribution in [0.5, 0.6) is 11.5 Å². The summed E-state index contributed by atoms with van der Waals surface area (Å²) in [5.74, 6) is 1.35. The first kappa shape index (κ1) is 18.0. The average Bonchev–Trinajstić information content (AvgIpc) is 2.68. The van der Waals surface area contributed by atoms with Crippen molar-refractivity contribution >= 4 is 17.4 Å². The lowest BCUT2D eigenvalue weighted by Crippen LogP contribution is -2.36. The van der Waals surface area contributed by atoms with Crippen molar-refractivity contribution in [3.05, 3.63) is 42.1 Å². The van der Waals surface area contributed by atoms with Gasteiger partial charge in [0.1, 0.15) is 5.82 Å². The molecular weight excluding hydrogens is 334 g/mol. The molecule has 1 aromatic carbocycles. The molecule has 3 rings (SSSR count). The van der Waals surface area contributed by atoms with E-state index >= 15 is 0 Å². The van der Waals surface area contributed by atoms with E-state index in [0.717, 1.165) is 37.6 Å². The van der Waals surface area contributed by atoms with Crippen LogP contribution in [0.25, 0.3) is 0 Å². The summed E-state index contributed by atoms with van der Waals surface area (Å²) in [6.45, 7) is 4.98. The minimum absolute atomic E-state index is 0.119. The highest BCUT2D eigenvalue weighted by Crippen LogP contribution is 2.27. The Morgan fingerprint density at radius 1 is 1.23 bits per heavy atom. The fourth-order valence-corrected chi connectivity index (χ4v) is 2.68. The number of hydrogen-bond acceptors (Lipinski definition) is 6. The first-order chi connectivity index (χ1) is 12.7. The van der Waals surface area contributed by atoms with Gasteiger partial charge in [-0.2, -0.15) is 0 Å². The number of ether oxygens (including phenoxy) is 3. The van der Waals surface area contributed by atoms with Crippen LogP contribution < -0.4 is 19.7 Å². The molecule has 0 radical (unpaired) electrons. The molecule has 0 saturated carbocycles. The number of nitrogens with zero attached hydrogens (tertiary/aromatic N) is 2. The molecule has 0 atom stereocenters. The van der Waals surface area contributed by atoms with Gasteiger partial charge in [-0.15, -0.1) is 0 Å².